The monoisotopic (exact) mass is 318 g/mol. The lowest BCUT2D eigenvalue weighted by molar-refractivity contribution is 0.0691. The van der Waals surface area contributed by atoms with Crippen molar-refractivity contribution in [2.75, 3.05) is 11.4 Å². The van der Waals surface area contributed by atoms with Crippen LogP contribution in [0, 0.1) is 0 Å². The third-order valence-electron chi connectivity index (χ3n) is 3.84. The molecule has 1 fully saturated rings. The third-order valence-corrected chi connectivity index (χ3v) is 4.78. The predicted molar refractivity (Wildman–Crippen MR) is 84.5 cm³/mol. The molecule has 1 aliphatic rings. The van der Waals surface area contributed by atoms with E-state index in [-0.39, 0.29) is 11.7 Å². The minimum absolute atomic E-state index is 0.105. The molecule has 22 heavy (non-hydrogen) atoms. The van der Waals surface area contributed by atoms with Crippen molar-refractivity contribution in [3.05, 3.63) is 34.2 Å². The van der Waals surface area contributed by atoms with Crippen molar-refractivity contribution in [2.45, 2.75) is 38.6 Å². The average molecular weight is 318 g/mol. The first kappa shape index (κ1) is 14.9. The van der Waals surface area contributed by atoms with Gasteiger partial charge in [0.25, 0.3) is 0 Å². The standard InChI is InChI=1S/C15H18N4O2S/c1-9(2)10-6-13(17-8-16-10)19-5-3-4-12(19)14-18-11(7-22-14)15(20)21/h6-9,12H,3-5H2,1-2H3,(H,20,21). The maximum absolute atomic E-state index is 11.0. The molecule has 116 valence electrons. The largest absolute Gasteiger partial charge is 0.476 e. The van der Waals surface area contributed by atoms with Crippen LogP contribution in [-0.2, 0) is 0 Å². The molecule has 0 saturated carbocycles. The number of hydrogen-bond acceptors (Lipinski definition) is 6. The summed E-state index contributed by atoms with van der Waals surface area (Å²) in [5.74, 6) is 0.269. The van der Waals surface area contributed by atoms with Gasteiger partial charge in [0, 0.05) is 23.7 Å². The zero-order valence-electron chi connectivity index (χ0n) is 12.6. The van der Waals surface area contributed by atoms with Gasteiger partial charge in [-0.25, -0.2) is 19.7 Å². The second-order valence-corrected chi connectivity index (χ2v) is 6.57. The highest BCUT2D eigenvalue weighted by Gasteiger charge is 2.30. The van der Waals surface area contributed by atoms with Gasteiger partial charge in [-0.15, -0.1) is 11.3 Å². The number of anilines is 1. The molecule has 3 heterocycles. The maximum Gasteiger partial charge on any atom is 0.355 e. The first-order valence-electron chi connectivity index (χ1n) is 7.33. The lowest BCUT2D eigenvalue weighted by Gasteiger charge is -2.24. The molecule has 2 aromatic rings. The van der Waals surface area contributed by atoms with Gasteiger partial charge in [0.05, 0.1) is 6.04 Å². The van der Waals surface area contributed by atoms with Gasteiger partial charge in [-0.2, -0.15) is 0 Å². The van der Waals surface area contributed by atoms with Crippen LogP contribution < -0.4 is 4.90 Å². The summed E-state index contributed by atoms with van der Waals surface area (Å²) in [6.45, 7) is 5.11. The van der Waals surface area contributed by atoms with Gasteiger partial charge in [0.2, 0.25) is 0 Å². The summed E-state index contributed by atoms with van der Waals surface area (Å²) in [5, 5.41) is 11.5. The minimum Gasteiger partial charge on any atom is -0.476 e. The highest BCUT2D eigenvalue weighted by atomic mass is 32.1. The van der Waals surface area contributed by atoms with Crippen molar-refractivity contribution in [2.24, 2.45) is 0 Å². The molecule has 3 rings (SSSR count). The number of aromatic carboxylic acids is 1. The molecule has 1 aliphatic heterocycles. The van der Waals surface area contributed by atoms with Gasteiger partial charge >= 0.3 is 5.97 Å². The predicted octanol–water partition coefficient (Wildman–Crippen LogP) is 3.10. The van der Waals surface area contributed by atoms with E-state index in [0.29, 0.717) is 5.92 Å². The van der Waals surface area contributed by atoms with Gasteiger partial charge in [-0.1, -0.05) is 13.8 Å². The van der Waals surface area contributed by atoms with Crippen LogP contribution in [0.3, 0.4) is 0 Å². The van der Waals surface area contributed by atoms with Crippen LogP contribution in [0.4, 0.5) is 5.82 Å². The van der Waals surface area contributed by atoms with Gasteiger partial charge in [0.15, 0.2) is 5.69 Å². The van der Waals surface area contributed by atoms with Crippen molar-refractivity contribution in [1.82, 2.24) is 15.0 Å². The number of carboxylic acid groups (broad SMARTS) is 1. The van der Waals surface area contributed by atoms with Gasteiger partial charge in [-0.3, -0.25) is 0 Å². The van der Waals surface area contributed by atoms with E-state index >= 15 is 0 Å². The molecule has 0 spiro atoms. The summed E-state index contributed by atoms with van der Waals surface area (Å²) in [4.78, 5) is 26.2. The second kappa shape index (κ2) is 6.00. The van der Waals surface area contributed by atoms with Crippen LogP contribution in [0.1, 0.15) is 59.8 Å². The van der Waals surface area contributed by atoms with E-state index < -0.39 is 5.97 Å². The summed E-state index contributed by atoms with van der Waals surface area (Å²) in [5.41, 5.74) is 1.14. The van der Waals surface area contributed by atoms with E-state index in [2.05, 4.69) is 33.7 Å². The van der Waals surface area contributed by atoms with Crippen LogP contribution in [0.2, 0.25) is 0 Å². The van der Waals surface area contributed by atoms with E-state index in [1.54, 1.807) is 11.7 Å². The maximum atomic E-state index is 11.0. The van der Waals surface area contributed by atoms with Crippen LogP contribution in [0.5, 0.6) is 0 Å². The van der Waals surface area contributed by atoms with Crippen molar-refractivity contribution in [1.29, 1.82) is 0 Å². The number of carboxylic acids is 1. The summed E-state index contributed by atoms with van der Waals surface area (Å²) in [6.07, 6.45) is 3.62. The van der Waals surface area contributed by atoms with Crippen molar-refractivity contribution in [3.8, 4) is 0 Å². The number of aromatic nitrogens is 3. The van der Waals surface area contributed by atoms with Gasteiger partial charge in [-0.05, 0) is 18.8 Å². The first-order chi connectivity index (χ1) is 10.6. The number of hydrogen-bond donors (Lipinski definition) is 1. The molecule has 6 nitrogen and oxygen atoms in total. The first-order valence-corrected chi connectivity index (χ1v) is 8.21. The lowest BCUT2D eigenvalue weighted by atomic mass is 10.1. The molecule has 7 heteroatoms. The van der Waals surface area contributed by atoms with Crippen LogP contribution in [-0.4, -0.2) is 32.6 Å². The van der Waals surface area contributed by atoms with Crippen LogP contribution in [0.25, 0.3) is 0 Å². The molecule has 0 aromatic carbocycles. The minimum atomic E-state index is -0.976. The normalized spacial score (nSPS) is 18.1. The average Bonchev–Trinajstić information content (AvgIpc) is 3.16. The van der Waals surface area contributed by atoms with Crippen molar-refractivity contribution in [3.63, 3.8) is 0 Å². The summed E-state index contributed by atoms with van der Waals surface area (Å²) >= 11 is 1.41. The number of nitrogens with zero attached hydrogens (tertiary/aromatic N) is 4. The zero-order chi connectivity index (χ0) is 15.7. The number of carbonyl (C=O) groups is 1. The van der Waals surface area contributed by atoms with E-state index in [0.717, 1.165) is 35.9 Å². The smallest absolute Gasteiger partial charge is 0.355 e. The Bertz CT molecular complexity index is 686. The Morgan fingerprint density at radius 2 is 2.27 bits per heavy atom. The Morgan fingerprint density at radius 3 is 2.95 bits per heavy atom. The van der Waals surface area contributed by atoms with E-state index in [1.807, 2.05) is 6.07 Å². The quantitative estimate of drug-likeness (QED) is 0.933. The Balaban J connectivity index is 1.89. The van der Waals surface area contributed by atoms with Crippen molar-refractivity contribution >= 4 is 23.1 Å². The Labute approximate surface area is 132 Å². The number of rotatable bonds is 4. The molecule has 1 N–H and O–H groups in total. The highest BCUT2D eigenvalue weighted by Crippen LogP contribution is 2.36. The molecule has 0 radical (unpaired) electrons. The molecule has 0 amide bonds. The molecule has 1 atom stereocenters. The number of thiazole rings is 1. The molecular weight excluding hydrogens is 300 g/mol. The zero-order valence-corrected chi connectivity index (χ0v) is 13.4. The SMILES string of the molecule is CC(C)c1cc(N2CCCC2c2nc(C(=O)O)cs2)ncn1. The molecular formula is C15H18N4O2S. The summed E-state index contributed by atoms with van der Waals surface area (Å²) in [7, 11) is 0. The summed E-state index contributed by atoms with van der Waals surface area (Å²) < 4.78 is 0. The van der Waals surface area contributed by atoms with Gasteiger partial charge < -0.3 is 10.0 Å². The Hall–Kier alpha value is -2.02. The van der Waals surface area contributed by atoms with E-state index in [1.165, 1.54) is 11.3 Å². The fourth-order valence-corrected chi connectivity index (χ4v) is 3.61. The third kappa shape index (κ3) is 2.81. The lowest BCUT2D eigenvalue weighted by Crippen LogP contribution is -2.24. The fourth-order valence-electron chi connectivity index (χ4n) is 2.67. The van der Waals surface area contributed by atoms with Gasteiger partial charge in [0.1, 0.15) is 17.2 Å². The van der Waals surface area contributed by atoms with Crippen molar-refractivity contribution < 1.29 is 9.90 Å². The fraction of sp³-hybridized carbons (Fsp3) is 0.467. The highest BCUT2D eigenvalue weighted by molar-refractivity contribution is 7.09. The topological polar surface area (TPSA) is 79.2 Å². The van der Waals surface area contributed by atoms with E-state index in [4.69, 9.17) is 5.11 Å². The Morgan fingerprint density at radius 1 is 1.45 bits per heavy atom. The molecule has 0 aliphatic carbocycles. The van der Waals surface area contributed by atoms with E-state index in [9.17, 15) is 4.79 Å². The van der Waals surface area contributed by atoms with Crippen LogP contribution >= 0.6 is 11.3 Å². The second-order valence-electron chi connectivity index (χ2n) is 5.68. The molecule has 1 saturated heterocycles. The molecule has 0 bridgehead atoms. The van der Waals surface area contributed by atoms with Crippen LogP contribution in [0.15, 0.2) is 17.8 Å². The molecule has 1 unspecified atom stereocenters. The summed E-state index contributed by atoms with van der Waals surface area (Å²) in [6, 6.07) is 2.13. The molecule has 2 aromatic heterocycles. The Kier molecular flexibility index (Phi) is 4.06.